The van der Waals surface area contributed by atoms with Gasteiger partial charge in [-0.3, -0.25) is 14.6 Å². The number of carboxylic acids is 1. The minimum atomic E-state index is -0.796. The molecule has 2 aliphatic heterocycles. The van der Waals surface area contributed by atoms with Gasteiger partial charge >= 0.3 is 5.97 Å². The molecule has 3 heterocycles. The summed E-state index contributed by atoms with van der Waals surface area (Å²) in [5.74, 6) is 0.615. The van der Waals surface area contributed by atoms with Crippen molar-refractivity contribution in [1.82, 2.24) is 4.90 Å². The number of likely N-dealkylation sites (tertiary alicyclic amines) is 1. The monoisotopic (exact) mass is 456 g/mol. The van der Waals surface area contributed by atoms with Crippen LogP contribution in [0.5, 0.6) is 11.5 Å². The fourth-order valence-electron chi connectivity index (χ4n) is 4.76. The molecule has 0 radical (unpaired) electrons. The lowest BCUT2D eigenvalue weighted by Crippen LogP contribution is -2.45. The molecule has 2 atom stereocenters. The number of hydrogen-bond acceptors (Lipinski definition) is 6. The fourth-order valence-corrected chi connectivity index (χ4v) is 5.45. The molecule has 0 spiro atoms. The SMILES string of the molecule is COc1cc2c(cc1OC)C(CC1CN(C(=O)c3cccs3)CCC1CC(=O)O)=NCC2. The van der Waals surface area contributed by atoms with Crippen LogP contribution in [0.3, 0.4) is 0 Å². The maximum Gasteiger partial charge on any atom is 0.303 e. The fraction of sp³-hybridized carbons (Fsp3) is 0.458. The summed E-state index contributed by atoms with van der Waals surface area (Å²) in [6.45, 7) is 1.81. The predicted molar refractivity (Wildman–Crippen MR) is 123 cm³/mol. The second kappa shape index (κ2) is 9.73. The van der Waals surface area contributed by atoms with Crippen molar-refractivity contribution in [2.45, 2.75) is 25.7 Å². The highest BCUT2D eigenvalue weighted by Gasteiger charge is 2.35. The molecule has 170 valence electrons. The predicted octanol–water partition coefficient (Wildman–Crippen LogP) is 3.75. The molecule has 4 rings (SSSR count). The van der Waals surface area contributed by atoms with Gasteiger partial charge < -0.3 is 19.5 Å². The molecule has 1 aromatic carbocycles. The van der Waals surface area contributed by atoms with Gasteiger partial charge in [0.1, 0.15) is 0 Å². The maximum absolute atomic E-state index is 12.9. The van der Waals surface area contributed by atoms with Crippen molar-refractivity contribution in [2.24, 2.45) is 16.8 Å². The zero-order chi connectivity index (χ0) is 22.7. The van der Waals surface area contributed by atoms with E-state index in [9.17, 15) is 14.7 Å². The molecule has 2 unspecified atom stereocenters. The lowest BCUT2D eigenvalue weighted by atomic mass is 9.78. The number of carbonyl (C=O) groups is 2. The van der Waals surface area contributed by atoms with E-state index in [1.807, 2.05) is 34.5 Å². The summed E-state index contributed by atoms with van der Waals surface area (Å²) in [6.07, 6.45) is 2.25. The third-order valence-corrected chi connectivity index (χ3v) is 7.26. The van der Waals surface area contributed by atoms with Gasteiger partial charge in [-0.05, 0) is 60.2 Å². The first kappa shape index (κ1) is 22.3. The number of fused-ring (bicyclic) bond motifs is 1. The van der Waals surface area contributed by atoms with Crippen molar-refractivity contribution < 1.29 is 24.2 Å². The summed E-state index contributed by atoms with van der Waals surface area (Å²) in [5, 5.41) is 11.4. The van der Waals surface area contributed by atoms with Crippen molar-refractivity contribution in [2.75, 3.05) is 33.9 Å². The number of rotatable bonds is 7. The van der Waals surface area contributed by atoms with Gasteiger partial charge in [0.2, 0.25) is 0 Å². The highest BCUT2D eigenvalue weighted by atomic mass is 32.1. The van der Waals surface area contributed by atoms with Crippen molar-refractivity contribution in [3.05, 3.63) is 45.6 Å². The lowest BCUT2D eigenvalue weighted by molar-refractivity contribution is -0.138. The molecule has 1 amide bonds. The number of amides is 1. The molecule has 2 aromatic rings. The first-order chi connectivity index (χ1) is 15.5. The average Bonchev–Trinajstić information content (AvgIpc) is 3.33. The standard InChI is InChI=1S/C24H28N2O5S/c1-30-20-11-16-5-7-25-19(18(16)13-21(20)31-2)10-17-14-26(8-6-15(17)12-23(27)28)24(29)22-4-3-9-32-22/h3-4,9,11,13,15,17H,5-8,10,12,14H2,1-2H3,(H,27,28). The third-order valence-electron chi connectivity index (χ3n) is 6.41. The number of thiophene rings is 1. The number of piperidine rings is 1. The summed E-state index contributed by atoms with van der Waals surface area (Å²) >= 11 is 1.44. The largest absolute Gasteiger partial charge is 0.493 e. The Bertz CT molecular complexity index is 1020. The second-order valence-corrected chi connectivity index (χ2v) is 9.23. The molecule has 0 aliphatic carbocycles. The summed E-state index contributed by atoms with van der Waals surface area (Å²) in [5.41, 5.74) is 3.15. The molecule has 8 heteroatoms. The van der Waals surface area contributed by atoms with Crippen LogP contribution in [0.25, 0.3) is 0 Å². The average molecular weight is 457 g/mol. The van der Waals surface area contributed by atoms with Crippen LogP contribution < -0.4 is 9.47 Å². The van der Waals surface area contributed by atoms with Crippen LogP contribution in [0.2, 0.25) is 0 Å². The molecular formula is C24H28N2O5S. The topological polar surface area (TPSA) is 88.4 Å². The van der Waals surface area contributed by atoms with Crippen LogP contribution in [-0.2, 0) is 11.2 Å². The number of nitrogens with zero attached hydrogens (tertiary/aromatic N) is 2. The molecule has 1 N–H and O–H groups in total. The summed E-state index contributed by atoms with van der Waals surface area (Å²) in [4.78, 5) is 31.8. The van der Waals surface area contributed by atoms with Crippen LogP contribution >= 0.6 is 11.3 Å². The van der Waals surface area contributed by atoms with E-state index in [-0.39, 0.29) is 24.2 Å². The number of methoxy groups -OCH3 is 2. The number of aliphatic carboxylic acids is 1. The van der Waals surface area contributed by atoms with E-state index >= 15 is 0 Å². The molecule has 0 bridgehead atoms. The third kappa shape index (κ3) is 4.65. The molecule has 32 heavy (non-hydrogen) atoms. The summed E-state index contributed by atoms with van der Waals surface area (Å²) < 4.78 is 10.9. The van der Waals surface area contributed by atoms with Crippen molar-refractivity contribution >= 4 is 28.9 Å². The van der Waals surface area contributed by atoms with Crippen LogP contribution in [-0.4, -0.2) is 61.4 Å². The number of benzene rings is 1. The van der Waals surface area contributed by atoms with Crippen molar-refractivity contribution in [3.63, 3.8) is 0 Å². The Morgan fingerprint density at radius 3 is 2.69 bits per heavy atom. The van der Waals surface area contributed by atoms with Gasteiger partial charge in [-0.15, -0.1) is 11.3 Å². The van der Waals surface area contributed by atoms with Gasteiger partial charge in [0.25, 0.3) is 5.91 Å². The van der Waals surface area contributed by atoms with Gasteiger partial charge in [-0.1, -0.05) is 6.07 Å². The second-order valence-electron chi connectivity index (χ2n) is 8.28. The molecule has 1 saturated heterocycles. The first-order valence-corrected chi connectivity index (χ1v) is 11.7. The van der Waals surface area contributed by atoms with E-state index < -0.39 is 5.97 Å². The maximum atomic E-state index is 12.9. The normalized spacial score (nSPS) is 20.3. The Hall–Kier alpha value is -2.87. The Morgan fingerprint density at radius 2 is 2.00 bits per heavy atom. The number of aliphatic imine (C=N–C) groups is 1. The number of hydrogen-bond donors (Lipinski definition) is 1. The van der Waals surface area contributed by atoms with E-state index in [4.69, 9.17) is 14.5 Å². The van der Waals surface area contributed by atoms with Crippen molar-refractivity contribution in [1.29, 1.82) is 0 Å². The zero-order valence-corrected chi connectivity index (χ0v) is 19.2. The van der Waals surface area contributed by atoms with Gasteiger partial charge in [0, 0.05) is 37.3 Å². The number of carboxylic acid groups (broad SMARTS) is 1. The highest BCUT2D eigenvalue weighted by molar-refractivity contribution is 7.12. The minimum absolute atomic E-state index is 0.00751. The van der Waals surface area contributed by atoms with Gasteiger partial charge in [0.15, 0.2) is 11.5 Å². The van der Waals surface area contributed by atoms with E-state index in [1.165, 1.54) is 11.3 Å². The number of ether oxygens (including phenoxy) is 2. The van der Waals surface area contributed by atoms with E-state index in [0.29, 0.717) is 44.0 Å². The first-order valence-electron chi connectivity index (χ1n) is 10.8. The van der Waals surface area contributed by atoms with E-state index in [1.54, 1.807) is 14.2 Å². The molecule has 1 aromatic heterocycles. The molecule has 2 aliphatic rings. The Morgan fingerprint density at radius 1 is 1.22 bits per heavy atom. The van der Waals surface area contributed by atoms with Gasteiger partial charge in [0.05, 0.1) is 19.1 Å². The zero-order valence-electron chi connectivity index (χ0n) is 18.4. The number of carbonyl (C=O) groups excluding carboxylic acids is 1. The van der Waals surface area contributed by atoms with Crippen LogP contribution in [0.4, 0.5) is 0 Å². The van der Waals surface area contributed by atoms with Crippen LogP contribution in [0.15, 0.2) is 34.6 Å². The smallest absolute Gasteiger partial charge is 0.303 e. The Balaban J connectivity index is 1.59. The minimum Gasteiger partial charge on any atom is -0.493 e. The van der Waals surface area contributed by atoms with Crippen molar-refractivity contribution in [3.8, 4) is 11.5 Å². The van der Waals surface area contributed by atoms with Crippen LogP contribution in [0.1, 0.15) is 40.1 Å². The molecule has 1 fully saturated rings. The molecule has 7 nitrogen and oxygen atoms in total. The summed E-state index contributed by atoms with van der Waals surface area (Å²) in [7, 11) is 3.24. The molecular weight excluding hydrogens is 428 g/mol. The quantitative estimate of drug-likeness (QED) is 0.685. The Labute approximate surface area is 191 Å². The molecule has 0 saturated carbocycles. The Kier molecular flexibility index (Phi) is 6.79. The van der Waals surface area contributed by atoms with Crippen LogP contribution in [0, 0.1) is 11.8 Å². The highest BCUT2D eigenvalue weighted by Crippen LogP contribution is 2.36. The van der Waals surface area contributed by atoms with E-state index in [2.05, 4.69) is 0 Å². The lowest BCUT2D eigenvalue weighted by Gasteiger charge is -2.38. The summed E-state index contributed by atoms with van der Waals surface area (Å²) in [6, 6.07) is 7.69. The van der Waals surface area contributed by atoms with E-state index in [0.717, 1.165) is 28.1 Å². The van der Waals surface area contributed by atoms with Gasteiger partial charge in [-0.2, -0.15) is 0 Å². The van der Waals surface area contributed by atoms with Gasteiger partial charge in [-0.25, -0.2) is 0 Å².